The van der Waals surface area contributed by atoms with E-state index in [1.54, 1.807) is 6.07 Å². The first kappa shape index (κ1) is 17.9. The van der Waals surface area contributed by atoms with E-state index in [1.807, 2.05) is 0 Å². The van der Waals surface area contributed by atoms with E-state index in [9.17, 15) is 27.1 Å². The van der Waals surface area contributed by atoms with Crippen molar-refractivity contribution in [2.24, 2.45) is 0 Å². The molecule has 9 heteroatoms. The van der Waals surface area contributed by atoms with Crippen molar-refractivity contribution in [3.8, 4) is 17.8 Å². The largest absolute Gasteiger partial charge is 0.382 e. The molecule has 0 radical (unpaired) electrons. The molecule has 1 aromatic carbocycles. The molecule has 1 heterocycles. The molecule has 0 bridgehead atoms. The number of nitrogens with zero attached hydrogens (tertiary/aromatic N) is 3. The lowest BCUT2D eigenvalue weighted by atomic mass is 9.87. The zero-order valence-corrected chi connectivity index (χ0v) is 13.0. The van der Waals surface area contributed by atoms with Crippen LogP contribution in [0, 0.1) is 28.5 Å². The highest BCUT2D eigenvalue weighted by Crippen LogP contribution is 2.47. The van der Waals surface area contributed by atoms with Crippen molar-refractivity contribution in [2.75, 3.05) is 0 Å². The zero-order valence-electron chi connectivity index (χ0n) is 13.0. The maximum absolute atomic E-state index is 14.0. The van der Waals surface area contributed by atoms with E-state index in [1.165, 1.54) is 6.07 Å². The molecule has 0 fully saturated rings. The van der Waals surface area contributed by atoms with Crippen LogP contribution in [0.3, 0.4) is 0 Å². The van der Waals surface area contributed by atoms with E-state index in [-0.39, 0.29) is 23.4 Å². The maximum Gasteiger partial charge on any atom is 0.359 e. The number of hydrogen-bond acceptors (Lipinski definition) is 3. The van der Waals surface area contributed by atoms with E-state index in [4.69, 9.17) is 10.5 Å². The molecule has 4 nitrogen and oxygen atoms in total. The van der Waals surface area contributed by atoms with Gasteiger partial charge in [0.15, 0.2) is 0 Å². The number of nitriles is 2. The molecule has 1 aromatic heterocycles. The smallest absolute Gasteiger partial charge is 0.359 e. The summed E-state index contributed by atoms with van der Waals surface area (Å²) in [6, 6.07) is 5.53. The highest BCUT2D eigenvalue weighted by atomic mass is 19.3. The first-order valence-corrected chi connectivity index (χ1v) is 7.42. The van der Waals surface area contributed by atoms with E-state index >= 15 is 0 Å². The van der Waals surface area contributed by atoms with Crippen LogP contribution in [0.4, 0.5) is 22.0 Å². The Morgan fingerprint density at radius 1 is 1.27 bits per heavy atom. The summed E-state index contributed by atoms with van der Waals surface area (Å²) in [7, 11) is 0. The number of rotatable bonds is 2. The fraction of sp³-hybridized carbons (Fsp3) is 0.294. The zero-order chi connectivity index (χ0) is 19.3. The molecule has 2 aromatic rings. The first-order valence-electron chi connectivity index (χ1n) is 7.42. The number of alkyl halides is 4. The second-order valence-electron chi connectivity index (χ2n) is 5.90. The van der Waals surface area contributed by atoms with Crippen molar-refractivity contribution in [2.45, 2.75) is 30.8 Å². The molecule has 134 valence electrons. The second kappa shape index (κ2) is 5.82. The molecule has 0 saturated carbocycles. The summed E-state index contributed by atoms with van der Waals surface area (Å²) in [6.07, 6.45) is -2.86. The van der Waals surface area contributed by atoms with Crippen LogP contribution in [0.25, 0.3) is 5.69 Å². The molecule has 0 spiro atoms. The minimum atomic E-state index is -4.11. The van der Waals surface area contributed by atoms with Gasteiger partial charge in [0.25, 0.3) is 5.92 Å². The maximum atomic E-state index is 14.0. The average molecular weight is 367 g/mol. The highest BCUT2D eigenvalue weighted by molar-refractivity contribution is 5.50. The number of aliphatic hydroxyl groups is 1. The quantitative estimate of drug-likeness (QED) is 0.823. The predicted molar refractivity (Wildman–Crippen MR) is 78.2 cm³/mol. The van der Waals surface area contributed by atoms with Crippen LogP contribution in [0.2, 0.25) is 0 Å². The Balaban J connectivity index is 2.29. The lowest BCUT2D eigenvalue weighted by Gasteiger charge is -2.29. The lowest BCUT2D eigenvalue weighted by Crippen LogP contribution is -2.33. The van der Waals surface area contributed by atoms with Crippen LogP contribution in [0.15, 0.2) is 24.4 Å². The van der Waals surface area contributed by atoms with Crippen molar-refractivity contribution < 1.29 is 27.1 Å². The van der Waals surface area contributed by atoms with Gasteiger partial charge >= 0.3 is 5.92 Å². The van der Waals surface area contributed by atoms with Gasteiger partial charge in [0.2, 0.25) is 0 Å². The number of fused-ring (bicyclic) bond motifs is 1. The standard InChI is InChI=1S/C17H10F5N3O/c18-12-2-1-10(5-9(12)6-23)25-7-11(17(21,22)8-24)14-13(25)3-4-16(19,20)15(14)26/h1-2,5,7,15,26H,3-4H2. The number of hydrogen-bond donors (Lipinski definition) is 1. The molecular formula is C17H10F5N3O. The Morgan fingerprint density at radius 3 is 2.58 bits per heavy atom. The van der Waals surface area contributed by atoms with Gasteiger partial charge in [0.05, 0.1) is 11.1 Å². The minimum absolute atomic E-state index is 0.0381. The second-order valence-corrected chi connectivity index (χ2v) is 5.90. The van der Waals surface area contributed by atoms with Gasteiger partial charge in [-0.1, -0.05) is 0 Å². The van der Waals surface area contributed by atoms with Crippen molar-refractivity contribution in [3.63, 3.8) is 0 Å². The van der Waals surface area contributed by atoms with Gasteiger partial charge in [-0.15, -0.1) is 0 Å². The van der Waals surface area contributed by atoms with Gasteiger partial charge in [0, 0.05) is 29.6 Å². The number of benzene rings is 1. The molecule has 1 atom stereocenters. The van der Waals surface area contributed by atoms with Gasteiger partial charge in [-0.05, 0) is 24.6 Å². The van der Waals surface area contributed by atoms with E-state index in [0.29, 0.717) is 0 Å². The summed E-state index contributed by atoms with van der Waals surface area (Å²) < 4.78 is 70.3. The summed E-state index contributed by atoms with van der Waals surface area (Å²) in [5, 5.41) is 27.5. The minimum Gasteiger partial charge on any atom is -0.382 e. The summed E-state index contributed by atoms with van der Waals surface area (Å²) in [5.74, 6) is -8.56. The van der Waals surface area contributed by atoms with Crippen molar-refractivity contribution in [1.82, 2.24) is 4.57 Å². The summed E-state index contributed by atoms with van der Waals surface area (Å²) >= 11 is 0. The van der Waals surface area contributed by atoms with Crippen LogP contribution in [0.1, 0.15) is 34.9 Å². The molecule has 0 amide bonds. The lowest BCUT2D eigenvalue weighted by molar-refractivity contribution is -0.123. The molecule has 26 heavy (non-hydrogen) atoms. The molecule has 1 aliphatic carbocycles. The molecular weight excluding hydrogens is 357 g/mol. The third kappa shape index (κ3) is 2.61. The van der Waals surface area contributed by atoms with Gasteiger partial charge in [-0.2, -0.15) is 19.3 Å². The van der Waals surface area contributed by atoms with Gasteiger partial charge < -0.3 is 9.67 Å². The molecule has 0 saturated heterocycles. The van der Waals surface area contributed by atoms with Crippen LogP contribution >= 0.6 is 0 Å². The third-order valence-electron chi connectivity index (χ3n) is 4.35. The molecule has 1 unspecified atom stereocenters. The monoisotopic (exact) mass is 367 g/mol. The van der Waals surface area contributed by atoms with Crippen molar-refractivity contribution >= 4 is 0 Å². The Labute approximate surface area is 144 Å². The Morgan fingerprint density at radius 2 is 1.96 bits per heavy atom. The van der Waals surface area contributed by atoms with E-state index < -0.39 is 41.3 Å². The van der Waals surface area contributed by atoms with E-state index in [0.717, 1.165) is 29.0 Å². The van der Waals surface area contributed by atoms with Crippen LogP contribution in [0.5, 0.6) is 0 Å². The van der Waals surface area contributed by atoms with Gasteiger partial charge in [0.1, 0.15) is 24.1 Å². The number of aliphatic hydroxyl groups excluding tert-OH is 1. The van der Waals surface area contributed by atoms with Gasteiger partial charge in [-0.25, -0.2) is 13.2 Å². The summed E-state index contributed by atoms with van der Waals surface area (Å²) in [5.41, 5.74) is -2.07. The van der Waals surface area contributed by atoms with Crippen LogP contribution in [-0.4, -0.2) is 15.6 Å². The SMILES string of the molecule is N#Cc1cc(-n2cc(C(F)(F)C#N)c3c2CCC(F)(F)C3O)ccc1F. The van der Waals surface area contributed by atoms with Crippen molar-refractivity contribution in [3.05, 3.63) is 52.6 Å². The van der Waals surface area contributed by atoms with E-state index in [2.05, 4.69) is 0 Å². The van der Waals surface area contributed by atoms with Crippen LogP contribution < -0.4 is 0 Å². The molecule has 3 rings (SSSR count). The first-order chi connectivity index (χ1) is 12.1. The highest BCUT2D eigenvalue weighted by Gasteiger charge is 2.50. The van der Waals surface area contributed by atoms with Gasteiger partial charge in [-0.3, -0.25) is 0 Å². The Kier molecular flexibility index (Phi) is 4.01. The fourth-order valence-electron chi connectivity index (χ4n) is 3.04. The topological polar surface area (TPSA) is 72.7 Å². The fourth-order valence-corrected chi connectivity index (χ4v) is 3.04. The normalized spacial score (nSPS) is 18.7. The van der Waals surface area contributed by atoms with Crippen LogP contribution in [-0.2, 0) is 12.3 Å². The number of halogens is 5. The Bertz CT molecular complexity index is 968. The molecule has 1 N–H and O–H groups in total. The summed E-state index contributed by atoms with van der Waals surface area (Å²) in [4.78, 5) is 0. The number of aromatic nitrogens is 1. The molecule has 1 aliphatic rings. The summed E-state index contributed by atoms with van der Waals surface area (Å²) in [6.45, 7) is 0. The predicted octanol–water partition coefficient (Wildman–Crippen LogP) is 3.72. The average Bonchev–Trinajstić information content (AvgIpc) is 2.99. The third-order valence-corrected chi connectivity index (χ3v) is 4.35. The van der Waals surface area contributed by atoms with Crippen molar-refractivity contribution in [1.29, 1.82) is 10.5 Å². The Hall–Kier alpha value is -2.91. The molecule has 0 aliphatic heterocycles.